The zero-order chi connectivity index (χ0) is 9.97. The van der Waals surface area contributed by atoms with Gasteiger partial charge in [-0.1, -0.05) is 0 Å². The van der Waals surface area contributed by atoms with Gasteiger partial charge >= 0.3 is 0 Å². The summed E-state index contributed by atoms with van der Waals surface area (Å²) in [7, 11) is 0. The van der Waals surface area contributed by atoms with Crippen molar-refractivity contribution in [3.63, 3.8) is 0 Å². The molecule has 1 amide bonds. The Hall–Kier alpha value is -1.89. The Morgan fingerprint density at radius 1 is 1.57 bits per heavy atom. The molecule has 4 nitrogen and oxygen atoms in total. The van der Waals surface area contributed by atoms with Gasteiger partial charge in [-0.3, -0.25) is 9.78 Å². The largest absolute Gasteiger partial charge is 0.355 e. The minimum absolute atomic E-state index is 0.0670. The molecule has 1 unspecified atom stereocenters. The van der Waals surface area contributed by atoms with E-state index < -0.39 is 0 Å². The molecule has 14 heavy (non-hydrogen) atoms. The molecule has 1 atom stereocenters. The highest BCUT2D eigenvalue weighted by molar-refractivity contribution is 5.79. The quantitative estimate of drug-likeness (QED) is 0.698. The van der Waals surface area contributed by atoms with Crippen molar-refractivity contribution in [2.45, 2.75) is 12.3 Å². The predicted molar refractivity (Wildman–Crippen MR) is 49.3 cm³/mol. The molecular weight excluding hydrogens is 178 g/mol. The van der Waals surface area contributed by atoms with Crippen LogP contribution in [0.2, 0.25) is 0 Å². The Balaban J connectivity index is 2.24. The molecule has 2 rings (SSSR count). The smallest absolute Gasteiger partial charge is 0.220 e. The van der Waals surface area contributed by atoms with Crippen LogP contribution >= 0.6 is 0 Å². The molecule has 0 bridgehead atoms. The standard InChI is InChI=1S/C10H9N3O/c11-3-7-1-8(5-12-4-7)9-2-10(14)13-6-9/h1,4-5,9H,2,6H2,(H,13,14). The molecule has 1 N–H and O–H groups in total. The predicted octanol–water partition coefficient (Wildman–Crippen LogP) is 0.557. The van der Waals surface area contributed by atoms with Crippen molar-refractivity contribution in [1.82, 2.24) is 10.3 Å². The van der Waals surface area contributed by atoms with Crippen LogP contribution in [0.15, 0.2) is 18.5 Å². The number of pyridine rings is 1. The lowest BCUT2D eigenvalue weighted by molar-refractivity contribution is -0.119. The number of aromatic nitrogens is 1. The van der Waals surface area contributed by atoms with Crippen molar-refractivity contribution >= 4 is 5.91 Å². The van der Waals surface area contributed by atoms with Gasteiger partial charge in [0.15, 0.2) is 0 Å². The Labute approximate surface area is 81.6 Å². The fourth-order valence-electron chi connectivity index (χ4n) is 1.58. The maximum Gasteiger partial charge on any atom is 0.220 e. The summed E-state index contributed by atoms with van der Waals surface area (Å²) in [4.78, 5) is 14.9. The first-order valence-electron chi connectivity index (χ1n) is 4.41. The van der Waals surface area contributed by atoms with E-state index in [0.29, 0.717) is 18.5 Å². The molecular formula is C10H9N3O. The fourth-order valence-corrected chi connectivity index (χ4v) is 1.58. The van der Waals surface area contributed by atoms with E-state index in [2.05, 4.69) is 10.3 Å². The third-order valence-corrected chi connectivity index (χ3v) is 2.34. The van der Waals surface area contributed by atoms with Crippen molar-refractivity contribution in [1.29, 1.82) is 5.26 Å². The van der Waals surface area contributed by atoms with E-state index in [4.69, 9.17) is 5.26 Å². The molecule has 1 aliphatic heterocycles. The van der Waals surface area contributed by atoms with Crippen LogP contribution in [0.25, 0.3) is 0 Å². The van der Waals surface area contributed by atoms with Gasteiger partial charge in [0.2, 0.25) is 5.91 Å². The lowest BCUT2D eigenvalue weighted by Gasteiger charge is -2.06. The molecule has 1 fully saturated rings. The van der Waals surface area contributed by atoms with Gasteiger partial charge in [-0.25, -0.2) is 0 Å². The zero-order valence-electron chi connectivity index (χ0n) is 7.53. The molecule has 1 aliphatic rings. The highest BCUT2D eigenvalue weighted by Gasteiger charge is 2.23. The van der Waals surface area contributed by atoms with Crippen LogP contribution in [-0.4, -0.2) is 17.4 Å². The van der Waals surface area contributed by atoms with Gasteiger partial charge in [-0.2, -0.15) is 5.26 Å². The topological polar surface area (TPSA) is 65.8 Å². The number of nitrogens with one attached hydrogen (secondary N) is 1. The zero-order valence-corrected chi connectivity index (χ0v) is 7.53. The summed E-state index contributed by atoms with van der Waals surface area (Å²) in [5.74, 6) is 0.237. The average Bonchev–Trinajstić information content (AvgIpc) is 2.65. The molecule has 0 saturated carbocycles. The number of nitriles is 1. The highest BCUT2D eigenvalue weighted by Crippen LogP contribution is 2.22. The number of nitrogens with zero attached hydrogens (tertiary/aromatic N) is 2. The van der Waals surface area contributed by atoms with E-state index in [0.717, 1.165) is 5.56 Å². The van der Waals surface area contributed by atoms with Gasteiger partial charge in [0.1, 0.15) is 6.07 Å². The van der Waals surface area contributed by atoms with Crippen LogP contribution in [0.5, 0.6) is 0 Å². The molecule has 0 spiro atoms. The SMILES string of the molecule is N#Cc1cncc(C2CNC(=O)C2)c1. The number of hydrogen-bond acceptors (Lipinski definition) is 3. The van der Waals surface area contributed by atoms with Gasteiger partial charge in [-0.15, -0.1) is 0 Å². The maximum atomic E-state index is 11.0. The Morgan fingerprint density at radius 3 is 3.07 bits per heavy atom. The number of carbonyl (C=O) groups excluding carboxylic acids is 1. The Bertz CT molecular complexity index is 408. The molecule has 0 aliphatic carbocycles. The Kier molecular flexibility index (Phi) is 2.15. The van der Waals surface area contributed by atoms with E-state index in [1.54, 1.807) is 12.3 Å². The van der Waals surface area contributed by atoms with Gasteiger partial charge in [0, 0.05) is 31.3 Å². The first kappa shape index (κ1) is 8.70. The van der Waals surface area contributed by atoms with Crippen molar-refractivity contribution in [3.8, 4) is 6.07 Å². The van der Waals surface area contributed by atoms with Crippen molar-refractivity contribution in [2.75, 3.05) is 6.54 Å². The number of rotatable bonds is 1. The summed E-state index contributed by atoms with van der Waals surface area (Å²) in [6.07, 6.45) is 3.73. The van der Waals surface area contributed by atoms with Crippen LogP contribution in [-0.2, 0) is 4.79 Å². The lowest BCUT2D eigenvalue weighted by Crippen LogP contribution is -2.13. The average molecular weight is 187 g/mol. The van der Waals surface area contributed by atoms with Crippen LogP contribution in [0, 0.1) is 11.3 Å². The van der Waals surface area contributed by atoms with E-state index in [-0.39, 0.29) is 11.8 Å². The highest BCUT2D eigenvalue weighted by atomic mass is 16.1. The third kappa shape index (κ3) is 1.57. The van der Waals surface area contributed by atoms with Crippen LogP contribution in [0.4, 0.5) is 0 Å². The summed E-state index contributed by atoms with van der Waals surface area (Å²) >= 11 is 0. The van der Waals surface area contributed by atoms with E-state index >= 15 is 0 Å². The van der Waals surface area contributed by atoms with Crippen LogP contribution in [0.1, 0.15) is 23.5 Å². The second kappa shape index (κ2) is 3.46. The second-order valence-electron chi connectivity index (χ2n) is 3.32. The molecule has 1 aromatic heterocycles. The first-order chi connectivity index (χ1) is 6.79. The second-order valence-corrected chi connectivity index (χ2v) is 3.32. The summed E-state index contributed by atoms with van der Waals surface area (Å²) in [5.41, 5.74) is 1.50. The third-order valence-electron chi connectivity index (χ3n) is 2.34. The van der Waals surface area contributed by atoms with Crippen molar-refractivity contribution < 1.29 is 4.79 Å². The van der Waals surface area contributed by atoms with Gasteiger partial charge in [-0.05, 0) is 11.6 Å². The minimum atomic E-state index is 0.0670. The van der Waals surface area contributed by atoms with E-state index in [9.17, 15) is 4.79 Å². The van der Waals surface area contributed by atoms with Crippen LogP contribution in [0.3, 0.4) is 0 Å². The maximum absolute atomic E-state index is 11.0. The number of carbonyl (C=O) groups is 1. The molecule has 70 valence electrons. The Morgan fingerprint density at radius 2 is 2.43 bits per heavy atom. The molecule has 1 saturated heterocycles. The monoisotopic (exact) mass is 187 g/mol. The van der Waals surface area contributed by atoms with Crippen LogP contribution < -0.4 is 5.32 Å². The normalized spacial score (nSPS) is 20.2. The summed E-state index contributed by atoms with van der Waals surface area (Å²) < 4.78 is 0. The van der Waals surface area contributed by atoms with Gasteiger partial charge in [0.05, 0.1) is 5.56 Å². The lowest BCUT2D eigenvalue weighted by atomic mass is 9.99. The molecule has 2 heterocycles. The minimum Gasteiger partial charge on any atom is -0.355 e. The van der Waals surface area contributed by atoms with Crippen molar-refractivity contribution in [2.24, 2.45) is 0 Å². The number of hydrogen-bond donors (Lipinski definition) is 1. The molecule has 0 aromatic carbocycles. The van der Waals surface area contributed by atoms with E-state index in [1.165, 1.54) is 6.20 Å². The van der Waals surface area contributed by atoms with E-state index in [1.807, 2.05) is 6.07 Å². The summed E-state index contributed by atoms with van der Waals surface area (Å²) in [6, 6.07) is 3.82. The molecule has 0 radical (unpaired) electrons. The first-order valence-corrected chi connectivity index (χ1v) is 4.41. The fraction of sp³-hybridized carbons (Fsp3) is 0.300. The van der Waals surface area contributed by atoms with Crippen molar-refractivity contribution in [3.05, 3.63) is 29.6 Å². The molecule has 4 heteroatoms. The number of amides is 1. The molecule has 1 aromatic rings. The summed E-state index contributed by atoms with van der Waals surface area (Å²) in [6.45, 7) is 0.648. The van der Waals surface area contributed by atoms with Gasteiger partial charge in [0.25, 0.3) is 0 Å². The summed E-state index contributed by atoms with van der Waals surface area (Å²) in [5, 5.41) is 11.4. The van der Waals surface area contributed by atoms with Gasteiger partial charge < -0.3 is 5.32 Å².